The molecule has 1 aromatic carbocycles. The van der Waals surface area contributed by atoms with Crippen LogP contribution >= 0.6 is 0 Å². The third-order valence-corrected chi connectivity index (χ3v) is 1.55. The summed E-state index contributed by atoms with van der Waals surface area (Å²) >= 11 is 0. The van der Waals surface area contributed by atoms with E-state index in [1.165, 1.54) is 12.1 Å². The molecule has 1 nitrogen and oxygen atoms in total. The van der Waals surface area contributed by atoms with Crippen LogP contribution in [0.2, 0.25) is 0 Å². The number of hydrogen-bond acceptors (Lipinski definition) is 1. The summed E-state index contributed by atoms with van der Waals surface area (Å²) in [4.78, 5) is 0. The van der Waals surface area contributed by atoms with Crippen molar-refractivity contribution in [3.63, 3.8) is 0 Å². The minimum absolute atomic E-state index is 0.291. The lowest BCUT2D eigenvalue weighted by Crippen LogP contribution is -1.92. The number of aliphatic hydroxyl groups is 1. The average Bonchev–Trinajstić information content (AvgIpc) is 1.85. The van der Waals surface area contributed by atoms with E-state index in [1.807, 2.05) is 0 Å². The van der Waals surface area contributed by atoms with Crippen molar-refractivity contribution in [2.45, 2.75) is 20.0 Å². The molecule has 0 spiro atoms. The van der Waals surface area contributed by atoms with E-state index in [9.17, 15) is 4.39 Å². The molecule has 0 fully saturated rings. The quantitative estimate of drug-likeness (QED) is 0.657. The van der Waals surface area contributed by atoms with E-state index in [0.29, 0.717) is 5.56 Å². The van der Waals surface area contributed by atoms with Crippen molar-refractivity contribution in [1.82, 2.24) is 0 Å². The monoisotopic (exact) mass is 154 g/mol. The summed E-state index contributed by atoms with van der Waals surface area (Å²) in [5.41, 5.74) is 1.46. The summed E-state index contributed by atoms with van der Waals surface area (Å²) in [6, 6.07) is 4.55. The fraction of sp³-hybridized carbons (Fsp3) is 0.333. The molecule has 0 bridgehead atoms. The smallest absolute Gasteiger partial charge is 0.123 e. The summed E-state index contributed by atoms with van der Waals surface area (Å²) in [5.74, 6) is -0.291. The summed E-state index contributed by atoms with van der Waals surface area (Å²) in [7, 11) is 0. The topological polar surface area (TPSA) is 20.2 Å². The molecule has 60 valence electrons. The van der Waals surface area contributed by atoms with Crippen LogP contribution < -0.4 is 0 Å². The van der Waals surface area contributed by atoms with Gasteiger partial charge < -0.3 is 5.11 Å². The normalized spacial score (nSPS) is 13.1. The molecule has 0 aliphatic rings. The zero-order chi connectivity index (χ0) is 8.43. The molecule has 0 saturated heterocycles. The highest BCUT2D eigenvalue weighted by Gasteiger charge is 2.02. The lowest BCUT2D eigenvalue weighted by Gasteiger charge is -2.05. The van der Waals surface area contributed by atoms with Gasteiger partial charge in [0.25, 0.3) is 0 Å². The zero-order valence-electron chi connectivity index (χ0n) is 6.63. The molecule has 1 aromatic rings. The molecule has 0 aromatic heterocycles. The second-order valence-corrected chi connectivity index (χ2v) is 2.74. The number of hydrogen-bond donors (Lipinski definition) is 1. The predicted molar refractivity (Wildman–Crippen MR) is 41.8 cm³/mol. The fourth-order valence-corrected chi connectivity index (χ4v) is 1.01. The molecule has 0 aliphatic heterocycles. The average molecular weight is 154 g/mol. The van der Waals surface area contributed by atoms with Gasteiger partial charge in [-0.2, -0.15) is 0 Å². The second kappa shape index (κ2) is 3.01. The van der Waals surface area contributed by atoms with E-state index in [4.69, 9.17) is 5.11 Å². The maximum Gasteiger partial charge on any atom is 0.123 e. The van der Waals surface area contributed by atoms with Gasteiger partial charge in [0.15, 0.2) is 0 Å². The zero-order valence-corrected chi connectivity index (χ0v) is 6.63. The van der Waals surface area contributed by atoms with Gasteiger partial charge in [0.2, 0.25) is 0 Å². The Morgan fingerprint density at radius 3 is 2.45 bits per heavy atom. The van der Waals surface area contributed by atoms with E-state index >= 15 is 0 Å². The maximum absolute atomic E-state index is 12.7. The fourth-order valence-electron chi connectivity index (χ4n) is 1.01. The van der Waals surface area contributed by atoms with Gasteiger partial charge in [0.1, 0.15) is 5.82 Å². The van der Waals surface area contributed by atoms with Gasteiger partial charge >= 0.3 is 0 Å². The van der Waals surface area contributed by atoms with E-state index in [2.05, 4.69) is 0 Å². The summed E-state index contributed by atoms with van der Waals surface area (Å²) in [6.07, 6.45) is -0.593. The number of aryl methyl sites for hydroxylation is 1. The van der Waals surface area contributed by atoms with Crippen LogP contribution in [-0.2, 0) is 0 Å². The molecular formula is C9H11FO. The predicted octanol–water partition coefficient (Wildman–Crippen LogP) is 2.19. The number of aliphatic hydroxyl groups excluding tert-OH is 1. The van der Waals surface area contributed by atoms with Gasteiger partial charge in [-0.3, -0.25) is 0 Å². The third-order valence-electron chi connectivity index (χ3n) is 1.55. The second-order valence-electron chi connectivity index (χ2n) is 2.74. The molecule has 11 heavy (non-hydrogen) atoms. The standard InChI is InChI=1S/C9H11FO/c1-6-3-8(7(2)11)5-9(10)4-6/h3-5,7,11H,1-2H3/t7-/m1/s1. The Balaban J connectivity index is 3.08. The highest BCUT2D eigenvalue weighted by molar-refractivity contribution is 5.24. The van der Waals surface area contributed by atoms with Crippen LogP contribution in [0.15, 0.2) is 18.2 Å². The van der Waals surface area contributed by atoms with Gasteiger partial charge in [0.05, 0.1) is 6.10 Å². The van der Waals surface area contributed by atoms with E-state index in [0.717, 1.165) is 5.56 Å². The Labute approximate surface area is 65.5 Å². The van der Waals surface area contributed by atoms with Crippen molar-refractivity contribution in [3.8, 4) is 0 Å². The van der Waals surface area contributed by atoms with Crippen molar-refractivity contribution in [3.05, 3.63) is 35.1 Å². The Kier molecular flexibility index (Phi) is 2.25. The van der Waals surface area contributed by atoms with Gasteiger partial charge in [0, 0.05) is 0 Å². The van der Waals surface area contributed by atoms with E-state index < -0.39 is 6.10 Å². The summed E-state index contributed by atoms with van der Waals surface area (Å²) in [6.45, 7) is 3.42. The third kappa shape index (κ3) is 2.02. The lowest BCUT2D eigenvalue weighted by molar-refractivity contribution is 0.198. The Bertz CT molecular complexity index is 235. The maximum atomic E-state index is 12.7. The van der Waals surface area contributed by atoms with E-state index in [1.54, 1.807) is 19.9 Å². The van der Waals surface area contributed by atoms with Crippen LogP contribution in [0.3, 0.4) is 0 Å². The molecule has 0 aliphatic carbocycles. The first-order chi connectivity index (χ1) is 5.09. The van der Waals surface area contributed by atoms with Crippen molar-refractivity contribution < 1.29 is 9.50 Å². The molecule has 0 saturated carbocycles. The van der Waals surface area contributed by atoms with Gasteiger partial charge in [-0.05, 0) is 37.1 Å². The number of benzene rings is 1. The van der Waals surface area contributed by atoms with Crippen molar-refractivity contribution >= 4 is 0 Å². The van der Waals surface area contributed by atoms with Gasteiger partial charge in [-0.25, -0.2) is 4.39 Å². The van der Waals surface area contributed by atoms with Crippen molar-refractivity contribution in [2.24, 2.45) is 0 Å². The van der Waals surface area contributed by atoms with Crippen molar-refractivity contribution in [2.75, 3.05) is 0 Å². The molecule has 1 atom stereocenters. The van der Waals surface area contributed by atoms with Crippen LogP contribution in [0.1, 0.15) is 24.2 Å². The SMILES string of the molecule is Cc1cc(F)cc([C@@H](C)O)c1. The van der Waals surface area contributed by atoms with E-state index in [-0.39, 0.29) is 5.82 Å². The van der Waals surface area contributed by atoms with Crippen molar-refractivity contribution in [1.29, 1.82) is 0 Å². The Hall–Kier alpha value is -0.890. The minimum atomic E-state index is -0.593. The molecule has 1 N–H and O–H groups in total. The van der Waals surface area contributed by atoms with Crippen LogP contribution in [0.5, 0.6) is 0 Å². The first kappa shape index (κ1) is 8.21. The van der Waals surface area contributed by atoms with Crippen LogP contribution in [0.25, 0.3) is 0 Å². The largest absolute Gasteiger partial charge is 0.389 e. The number of halogens is 1. The molecule has 2 heteroatoms. The Morgan fingerprint density at radius 1 is 1.36 bits per heavy atom. The van der Waals surface area contributed by atoms with Gasteiger partial charge in [-0.1, -0.05) is 6.07 Å². The molecule has 0 unspecified atom stereocenters. The molecule has 0 radical (unpaired) electrons. The van der Waals surface area contributed by atoms with Crippen LogP contribution in [0, 0.1) is 12.7 Å². The first-order valence-corrected chi connectivity index (χ1v) is 3.55. The number of rotatable bonds is 1. The summed E-state index contributed by atoms with van der Waals surface area (Å²) < 4.78 is 12.7. The highest BCUT2D eigenvalue weighted by Crippen LogP contribution is 2.15. The molecule has 0 heterocycles. The molecular weight excluding hydrogens is 143 g/mol. The highest BCUT2D eigenvalue weighted by atomic mass is 19.1. The Morgan fingerprint density at radius 2 is 2.00 bits per heavy atom. The van der Waals surface area contributed by atoms with Crippen LogP contribution in [0.4, 0.5) is 4.39 Å². The van der Waals surface area contributed by atoms with Gasteiger partial charge in [-0.15, -0.1) is 0 Å². The molecule has 1 rings (SSSR count). The van der Waals surface area contributed by atoms with Crippen LogP contribution in [-0.4, -0.2) is 5.11 Å². The summed E-state index contributed by atoms with van der Waals surface area (Å²) in [5, 5.41) is 9.11. The minimum Gasteiger partial charge on any atom is -0.389 e. The first-order valence-electron chi connectivity index (χ1n) is 3.55. The lowest BCUT2D eigenvalue weighted by atomic mass is 10.1. The molecule has 0 amide bonds.